The molecule has 3 aromatic rings. The lowest BCUT2D eigenvalue weighted by atomic mass is 9.97. The number of carbonyl (C=O) groups is 2. The molecule has 4 rings (SSSR count). The number of hydrogen-bond donors (Lipinski definition) is 1. The number of carbonyl (C=O) groups excluding carboxylic acids is 2. The number of amides is 2. The number of piperidine rings is 1. The number of nitrogens with zero attached hydrogens (tertiary/aromatic N) is 4. The average Bonchev–Trinajstić information content (AvgIpc) is 2.80. The molecular formula is C22H22BrN5O3. The van der Waals surface area contributed by atoms with E-state index in [0.29, 0.717) is 29.8 Å². The van der Waals surface area contributed by atoms with E-state index < -0.39 is 0 Å². The zero-order chi connectivity index (χ0) is 21.8. The average molecular weight is 484 g/mol. The fourth-order valence-corrected chi connectivity index (χ4v) is 3.97. The third-order valence-corrected chi connectivity index (χ3v) is 5.89. The van der Waals surface area contributed by atoms with Crippen LogP contribution in [0.1, 0.15) is 19.3 Å². The maximum atomic E-state index is 12.8. The van der Waals surface area contributed by atoms with Crippen molar-refractivity contribution in [2.24, 2.45) is 5.92 Å². The molecule has 1 aliphatic rings. The standard InChI is InChI=1S/C22H22BrN5O3/c23-16-7-8-19(24-12-16)26-21(30)15-4-3-10-27(13-15)20(29)9-11-28-14-25-18-6-2-1-5-17(18)22(28)31/h1-2,5-8,12,14-15H,3-4,9-11,13H2,(H,24,26,30)/t15-/m0/s1. The number of halogens is 1. The number of pyridine rings is 1. The van der Waals surface area contributed by atoms with Crippen molar-refractivity contribution in [1.82, 2.24) is 19.4 Å². The van der Waals surface area contributed by atoms with Crippen LogP contribution in [0.25, 0.3) is 10.9 Å². The van der Waals surface area contributed by atoms with Crippen LogP contribution in [0, 0.1) is 5.92 Å². The molecule has 0 saturated carbocycles. The molecule has 1 N–H and O–H groups in total. The number of aromatic nitrogens is 3. The monoisotopic (exact) mass is 483 g/mol. The third-order valence-electron chi connectivity index (χ3n) is 5.42. The van der Waals surface area contributed by atoms with E-state index in [1.807, 2.05) is 12.1 Å². The van der Waals surface area contributed by atoms with Crippen molar-refractivity contribution < 1.29 is 9.59 Å². The summed E-state index contributed by atoms with van der Waals surface area (Å²) in [6, 6.07) is 10.7. The zero-order valence-electron chi connectivity index (χ0n) is 16.8. The predicted molar refractivity (Wildman–Crippen MR) is 120 cm³/mol. The Morgan fingerprint density at radius 1 is 1.16 bits per heavy atom. The van der Waals surface area contributed by atoms with Crippen LogP contribution in [0.5, 0.6) is 0 Å². The van der Waals surface area contributed by atoms with Gasteiger partial charge >= 0.3 is 0 Å². The molecular weight excluding hydrogens is 462 g/mol. The van der Waals surface area contributed by atoms with Crippen molar-refractivity contribution in [3.8, 4) is 0 Å². The summed E-state index contributed by atoms with van der Waals surface area (Å²) in [7, 11) is 0. The van der Waals surface area contributed by atoms with E-state index in [1.165, 1.54) is 10.9 Å². The number of rotatable bonds is 5. The highest BCUT2D eigenvalue weighted by Gasteiger charge is 2.28. The summed E-state index contributed by atoms with van der Waals surface area (Å²) in [5.41, 5.74) is 0.483. The van der Waals surface area contributed by atoms with Gasteiger partial charge in [0.15, 0.2) is 0 Å². The lowest BCUT2D eigenvalue weighted by Crippen LogP contribution is -2.44. The van der Waals surface area contributed by atoms with Crippen molar-refractivity contribution in [2.45, 2.75) is 25.8 Å². The van der Waals surface area contributed by atoms with Gasteiger partial charge in [0.2, 0.25) is 11.8 Å². The molecule has 8 nitrogen and oxygen atoms in total. The minimum Gasteiger partial charge on any atom is -0.342 e. The quantitative estimate of drug-likeness (QED) is 0.601. The molecule has 2 amide bonds. The van der Waals surface area contributed by atoms with E-state index in [4.69, 9.17) is 0 Å². The molecule has 3 heterocycles. The molecule has 0 spiro atoms. The second kappa shape index (κ2) is 9.38. The topological polar surface area (TPSA) is 97.2 Å². The van der Waals surface area contributed by atoms with Gasteiger partial charge in [0.25, 0.3) is 5.56 Å². The molecule has 0 unspecified atom stereocenters. The minimum absolute atomic E-state index is 0.0701. The van der Waals surface area contributed by atoms with E-state index in [-0.39, 0.29) is 36.3 Å². The highest BCUT2D eigenvalue weighted by Crippen LogP contribution is 2.20. The van der Waals surface area contributed by atoms with E-state index in [9.17, 15) is 14.4 Å². The number of fused-ring (bicyclic) bond motifs is 1. The first-order valence-electron chi connectivity index (χ1n) is 10.2. The van der Waals surface area contributed by atoms with Gasteiger partial charge in [-0.3, -0.25) is 19.0 Å². The Balaban J connectivity index is 1.35. The maximum absolute atomic E-state index is 12.8. The summed E-state index contributed by atoms with van der Waals surface area (Å²) in [4.78, 5) is 48.1. The number of benzene rings is 1. The number of aryl methyl sites for hydroxylation is 1. The normalized spacial score (nSPS) is 16.3. The highest BCUT2D eigenvalue weighted by atomic mass is 79.9. The first-order chi connectivity index (χ1) is 15.0. The van der Waals surface area contributed by atoms with Crippen molar-refractivity contribution in [3.63, 3.8) is 0 Å². The Labute approximate surface area is 187 Å². The van der Waals surface area contributed by atoms with Crippen molar-refractivity contribution >= 4 is 44.5 Å². The molecule has 2 aromatic heterocycles. The number of para-hydroxylation sites is 1. The first-order valence-corrected chi connectivity index (χ1v) is 10.9. The Bertz CT molecular complexity index is 1160. The van der Waals surface area contributed by atoms with E-state index in [1.54, 1.807) is 35.4 Å². The van der Waals surface area contributed by atoms with Gasteiger partial charge in [0.1, 0.15) is 5.82 Å². The van der Waals surface area contributed by atoms with Gasteiger partial charge in [-0.1, -0.05) is 12.1 Å². The number of likely N-dealkylation sites (tertiary alicyclic amines) is 1. The molecule has 31 heavy (non-hydrogen) atoms. The van der Waals surface area contributed by atoms with Crippen LogP contribution in [0.3, 0.4) is 0 Å². The summed E-state index contributed by atoms with van der Waals surface area (Å²) in [6.07, 6.45) is 4.77. The summed E-state index contributed by atoms with van der Waals surface area (Å²) >= 11 is 3.32. The lowest BCUT2D eigenvalue weighted by molar-refractivity contribution is -0.134. The molecule has 1 fully saturated rings. The van der Waals surface area contributed by atoms with Gasteiger partial charge in [0, 0.05) is 36.7 Å². The second-order valence-corrected chi connectivity index (χ2v) is 8.46. The molecule has 0 radical (unpaired) electrons. The second-order valence-electron chi connectivity index (χ2n) is 7.54. The Hall–Kier alpha value is -3.07. The Morgan fingerprint density at radius 2 is 2.00 bits per heavy atom. The van der Waals surface area contributed by atoms with Gasteiger partial charge < -0.3 is 10.2 Å². The summed E-state index contributed by atoms with van der Waals surface area (Å²) in [5, 5.41) is 3.35. The number of anilines is 1. The summed E-state index contributed by atoms with van der Waals surface area (Å²) in [6.45, 7) is 1.24. The van der Waals surface area contributed by atoms with Gasteiger partial charge in [0.05, 0.1) is 23.1 Å². The minimum atomic E-state index is -0.284. The number of hydrogen-bond acceptors (Lipinski definition) is 5. The molecule has 0 bridgehead atoms. The molecule has 160 valence electrons. The summed E-state index contributed by atoms with van der Waals surface area (Å²) in [5.74, 6) is -0.00497. The fraction of sp³-hybridized carbons (Fsp3) is 0.318. The molecule has 1 aromatic carbocycles. The molecule has 9 heteroatoms. The lowest BCUT2D eigenvalue weighted by Gasteiger charge is -2.32. The van der Waals surface area contributed by atoms with Crippen LogP contribution in [0.2, 0.25) is 0 Å². The Kier molecular flexibility index (Phi) is 6.41. The molecule has 1 saturated heterocycles. The SMILES string of the molecule is O=C(Nc1ccc(Br)cn1)[C@H]1CCCN(C(=O)CCn2cnc3ccccc3c2=O)C1. The van der Waals surface area contributed by atoms with Crippen LogP contribution in [0.15, 0.2) is 58.2 Å². The van der Waals surface area contributed by atoms with Crippen LogP contribution in [-0.4, -0.2) is 44.3 Å². The highest BCUT2D eigenvalue weighted by molar-refractivity contribution is 9.10. The summed E-state index contributed by atoms with van der Waals surface area (Å²) < 4.78 is 2.30. The van der Waals surface area contributed by atoms with Crippen LogP contribution in [0.4, 0.5) is 5.82 Å². The predicted octanol–water partition coefficient (Wildman–Crippen LogP) is 2.82. The maximum Gasteiger partial charge on any atom is 0.261 e. The van der Waals surface area contributed by atoms with Crippen molar-refractivity contribution in [2.75, 3.05) is 18.4 Å². The first kappa shape index (κ1) is 21.2. The van der Waals surface area contributed by atoms with E-state index >= 15 is 0 Å². The zero-order valence-corrected chi connectivity index (χ0v) is 18.4. The largest absolute Gasteiger partial charge is 0.342 e. The van der Waals surface area contributed by atoms with Crippen LogP contribution < -0.4 is 10.9 Å². The van der Waals surface area contributed by atoms with E-state index in [2.05, 4.69) is 31.2 Å². The van der Waals surface area contributed by atoms with Crippen LogP contribution in [-0.2, 0) is 16.1 Å². The molecule has 1 aliphatic heterocycles. The third kappa shape index (κ3) is 4.99. The number of nitrogens with one attached hydrogen (secondary N) is 1. The van der Waals surface area contributed by atoms with Gasteiger partial charge in [-0.05, 0) is 53.0 Å². The molecule has 0 aliphatic carbocycles. The van der Waals surface area contributed by atoms with Crippen LogP contribution >= 0.6 is 15.9 Å². The van der Waals surface area contributed by atoms with Crippen molar-refractivity contribution in [1.29, 1.82) is 0 Å². The smallest absolute Gasteiger partial charge is 0.261 e. The van der Waals surface area contributed by atoms with Gasteiger partial charge in [-0.15, -0.1) is 0 Å². The Morgan fingerprint density at radius 3 is 2.81 bits per heavy atom. The van der Waals surface area contributed by atoms with E-state index in [0.717, 1.165) is 17.3 Å². The fourth-order valence-electron chi connectivity index (χ4n) is 3.74. The van der Waals surface area contributed by atoms with Gasteiger partial charge in [-0.2, -0.15) is 0 Å². The van der Waals surface area contributed by atoms with Crippen molar-refractivity contribution in [3.05, 3.63) is 63.7 Å². The molecule has 1 atom stereocenters. The van der Waals surface area contributed by atoms with Gasteiger partial charge in [-0.25, -0.2) is 9.97 Å².